The van der Waals surface area contributed by atoms with Gasteiger partial charge in [-0.15, -0.1) is 0 Å². The molecular weight excluding hydrogens is 228 g/mol. The van der Waals surface area contributed by atoms with Crippen molar-refractivity contribution in [2.45, 2.75) is 25.3 Å². The molecule has 0 saturated carbocycles. The summed E-state index contributed by atoms with van der Waals surface area (Å²) in [6.45, 7) is 1.91. The lowest BCUT2D eigenvalue weighted by Crippen LogP contribution is -2.35. The first-order valence-electron chi connectivity index (χ1n) is 6.50. The van der Waals surface area contributed by atoms with Crippen LogP contribution >= 0.6 is 0 Å². The molecule has 1 N–H and O–H groups in total. The summed E-state index contributed by atoms with van der Waals surface area (Å²) in [4.78, 5) is 15.5. The molecule has 1 unspecified atom stereocenters. The molecule has 4 nitrogen and oxygen atoms in total. The molecule has 0 amide bonds. The third-order valence-corrected chi connectivity index (χ3v) is 4.06. The van der Waals surface area contributed by atoms with Gasteiger partial charge in [-0.2, -0.15) is 0 Å². The van der Waals surface area contributed by atoms with Crippen molar-refractivity contribution in [1.82, 2.24) is 0 Å². The predicted molar refractivity (Wildman–Crippen MR) is 71.4 cm³/mol. The Bertz CT molecular complexity index is 487. The highest BCUT2D eigenvalue weighted by atomic mass is 16.4. The maximum Gasteiger partial charge on any atom is 0.326 e. The molecule has 0 radical (unpaired) electrons. The van der Waals surface area contributed by atoms with E-state index in [0.717, 1.165) is 38.0 Å². The molecule has 2 heterocycles. The third kappa shape index (κ3) is 1.72. The van der Waals surface area contributed by atoms with E-state index in [1.165, 1.54) is 11.3 Å². The lowest BCUT2D eigenvalue weighted by molar-refractivity contribution is -0.138. The molecule has 0 bridgehead atoms. The Morgan fingerprint density at radius 3 is 3.00 bits per heavy atom. The van der Waals surface area contributed by atoms with Gasteiger partial charge in [0.15, 0.2) is 0 Å². The minimum atomic E-state index is -0.704. The summed E-state index contributed by atoms with van der Waals surface area (Å²) < 4.78 is 0. The summed E-state index contributed by atoms with van der Waals surface area (Å²) >= 11 is 0. The molecule has 18 heavy (non-hydrogen) atoms. The Balaban J connectivity index is 1.91. The molecule has 1 aromatic rings. The van der Waals surface area contributed by atoms with Crippen molar-refractivity contribution in [3.8, 4) is 0 Å². The number of carbonyl (C=O) groups is 1. The van der Waals surface area contributed by atoms with Crippen LogP contribution in [0.1, 0.15) is 18.4 Å². The fourth-order valence-electron chi connectivity index (χ4n) is 3.06. The van der Waals surface area contributed by atoms with Crippen molar-refractivity contribution in [3.63, 3.8) is 0 Å². The lowest BCUT2D eigenvalue weighted by Gasteiger charge is -2.24. The second kappa shape index (κ2) is 4.19. The van der Waals surface area contributed by atoms with E-state index in [1.807, 2.05) is 4.90 Å². The topological polar surface area (TPSA) is 43.8 Å². The minimum absolute atomic E-state index is 0.345. The molecule has 1 fully saturated rings. The number of aliphatic carboxylic acids is 1. The van der Waals surface area contributed by atoms with Crippen LogP contribution in [0, 0.1) is 0 Å². The molecule has 2 aliphatic rings. The number of benzene rings is 1. The van der Waals surface area contributed by atoms with E-state index in [0.29, 0.717) is 0 Å². The number of hydrogen-bond donors (Lipinski definition) is 1. The zero-order valence-electron chi connectivity index (χ0n) is 10.6. The van der Waals surface area contributed by atoms with Crippen LogP contribution in [-0.4, -0.2) is 37.3 Å². The predicted octanol–water partition coefficient (Wildman–Crippen LogP) is 1.73. The number of rotatable bonds is 2. The van der Waals surface area contributed by atoms with E-state index in [2.05, 4.69) is 30.1 Å². The van der Waals surface area contributed by atoms with Crippen LogP contribution in [-0.2, 0) is 11.2 Å². The summed E-state index contributed by atoms with van der Waals surface area (Å²) in [5, 5.41) is 9.23. The van der Waals surface area contributed by atoms with E-state index >= 15 is 0 Å². The maximum atomic E-state index is 11.2. The molecule has 3 rings (SSSR count). The van der Waals surface area contributed by atoms with Crippen molar-refractivity contribution in [1.29, 1.82) is 0 Å². The minimum Gasteiger partial charge on any atom is -0.480 e. The average Bonchev–Trinajstić information content (AvgIpc) is 2.96. The van der Waals surface area contributed by atoms with Gasteiger partial charge < -0.3 is 14.9 Å². The standard InChI is InChI=1S/C14H18N2O2/c1-15-8-6-10-9-11(4-5-12(10)15)16-7-2-3-13(16)14(17)18/h4-5,9,13H,2-3,6-8H2,1H3,(H,17,18). The highest BCUT2D eigenvalue weighted by molar-refractivity contribution is 5.79. The molecule has 0 aromatic heterocycles. The normalized spacial score (nSPS) is 22.4. The third-order valence-electron chi connectivity index (χ3n) is 4.06. The zero-order valence-corrected chi connectivity index (χ0v) is 10.6. The van der Waals surface area contributed by atoms with Crippen molar-refractivity contribution >= 4 is 17.3 Å². The van der Waals surface area contributed by atoms with Gasteiger partial charge in [-0.1, -0.05) is 0 Å². The molecule has 1 atom stereocenters. The van der Waals surface area contributed by atoms with E-state index in [4.69, 9.17) is 0 Å². The van der Waals surface area contributed by atoms with Crippen molar-refractivity contribution < 1.29 is 9.90 Å². The molecule has 0 aliphatic carbocycles. The van der Waals surface area contributed by atoms with Gasteiger partial charge in [-0.25, -0.2) is 4.79 Å². The quantitative estimate of drug-likeness (QED) is 0.863. The Hall–Kier alpha value is -1.71. The molecule has 1 aromatic carbocycles. The number of anilines is 2. The van der Waals surface area contributed by atoms with Crippen LogP contribution in [0.4, 0.5) is 11.4 Å². The smallest absolute Gasteiger partial charge is 0.326 e. The van der Waals surface area contributed by atoms with Crippen molar-refractivity contribution in [3.05, 3.63) is 23.8 Å². The summed E-state index contributed by atoms with van der Waals surface area (Å²) in [6.07, 6.45) is 2.78. The Kier molecular flexibility index (Phi) is 2.65. The monoisotopic (exact) mass is 246 g/mol. The van der Waals surface area contributed by atoms with Gasteiger partial charge in [0.05, 0.1) is 0 Å². The highest BCUT2D eigenvalue weighted by Gasteiger charge is 2.31. The summed E-state index contributed by atoms with van der Waals surface area (Å²) in [5.41, 5.74) is 3.69. The first kappa shape index (κ1) is 11.4. The van der Waals surface area contributed by atoms with Gasteiger partial charge in [0, 0.05) is 31.5 Å². The summed E-state index contributed by atoms with van der Waals surface area (Å²) in [7, 11) is 2.10. The van der Waals surface area contributed by atoms with Gasteiger partial charge in [0.25, 0.3) is 0 Å². The van der Waals surface area contributed by atoms with Crippen molar-refractivity contribution in [2.75, 3.05) is 29.9 Å². The second-order valence-corrected chi connectivity index (χ2v) is 5.17. The highest BCUT2D eigenvalue weighted by Crippen LogP contribution is 2.33. The summed E-state index contributed by atoms with van der Waals surface area (Å²) in [6, 6.07) is 6.00. The zero-order chi connectivity index (χ0) is 12.7. The first-order chi connectivity index (χ1) is 8.66. The van der Waals surface area contributed by atoms with Gasteiger partial charge in [0.2, 0.25) is 0 Å². The average molecular weight is 246 g/mol. The fraction of sp³-hybridized carbons (Fsp3) is 0.500. The maximum absolute atomic E-state index is 11.2. The molecule has 96 valence electrons. The van der Waals surface area contributed by atoms with Gasteiger partial charge in [-0.3, -0.25) is 0 Å². The van der Waals surface area contributed by atoms with E-state index < -0.39 is 5.97 Å². The van der Waals surface area contributed by atoms with Crippen LogP contribution in [0.15, 0.2) is 18.2 Å². The summed E-state index contributed by atoms with van der Waals surface area (Å²) in [5.74, 6) is -0.704. The van der Waals surface area contributed by atoms with Crippen LogP contribution < -0.4 is 9.80 Å². The Morgan fingerprint density at radius 2 is 2.22 bits per heavy atom. The second-order valence-electron chi connectivity index (χ2n) is 5.17. The fourth-order valence-corrected chi connectivity index (χ4v) is 3.06. The van der Waals surface area contributed by atoms with Crippen LogP contribution in [0.25, 0.3) is 0 Å². The SMILES string of the molecule is CN1CCc2cc(N3CCCC3C(=O)O)ccc21. The molecule has 0 spiro atoms. The van der Waals surface area contributed by atoms with E-state index in [-0.39, 0.29) is 6.04 Å². The number of carboxylic acids is 1. The number of fused-ring (bicyclic) bond motifs is 1. The molecular formula is C14H18N2O2. The first-order valence-corrected chi connectivity index (χ1v) is 6.50. The van der Waals surface area contributed by atoms with E-state index in [9.17, 15) is 9.90 Å². The van der Waals surface area contributed by atoms with Gasteiger partial charge in [0.1, 0.15) is 6.04 Å². The van der Waals surface area contributed by atoms with Crippen LogP contribution in [0.2, 0.25) is 0 Å². The largest absolute Gasteiger partial charge is 0.480 e. The molecule has 4 heteroatoms. The Labute approximate surface area is 107 Å². The van der Waals surface area contributed by atoms with Crippen molar-refractivity contribution in [2.24, 2.45) is 0 Å². The number of nitrogens with zero attached hydrogens (tertiary/aromatic N) is 2. The number of likely N-dealkylation sites (N-methyl/N-ethyl adjacent to an activating group) is 1. The number of carboxylic acid groups (broad SMARTS) is 1. The van der Waals surface area contributed by atoms with Crippen LogP contribution in [0.5, 0.6) is 0 Å². The molecule has 2 aliphatic heterocycles. The Morgan fingerprint density at radius 1 is 1.39 bits per heavy atom. The molecule has 1 saturated heterocycles. The van der Waals surface area contributed by atoms with E-state index in [1.54, 1.807) is 0 Å². The van der Waals surface area contributed by atoms with Gasteiger partial charge in [-0.05, 0) is 43.0 Å². The number of hydrogen-bond acceptors (Lipinski definition) is 3. The van der Waals surface area contributed by atoms with Crippen LogP contribution in [0.3, 0.4) is 0 Å². The lowest BCUT2D eigenvalue weighted by atomic mass is 10.1. The van der Waals surface area contributed by atoms with Gasteiger partial charge >= 0.3 is 5.97 Å².